The Kier molecular flexibility index (Phi) is 7.20. The van der Waals surface area contributed by atoms with Gasteiger partial charge in [-0.1, -0.05) is 182 Å². The Morgan fingerprint density at radius 3 is 0.789 bits per heavy atom. The molecule has 0 bridgehead atoms. The highest BCUT2D eigenvalue weighted by molar-refractivity contribution is 7.21. The van der Waals surface area contributed by atoms with E-state index in [2.05, 4.69) is 206 Å². The highest BCUT2D eigenvalue weighted by atomic mass is 32.1. The van der Waals surface area contributed by atoms with E-state index in [1.807, 2.05) is 11.3 Å². The van der Waals surface area contributed by atoms with Gasteiger partial charge in [0.1, 0.15) is 0 Å². The Hall–Kier alpha value is -7.06. The normalized spacial score (nSPS) is 11.9. The number of hydrogen-bond acceptors (Lipinski definition) is 1. The predicted octanol–water partition coefficient (Wildman–Crippen LogP) is 16.5. The number of fused-ring (bicyclic) bond motifs is 13. The van der Waals surface area contributed by atoms with E-state index in [9.17, 15) is 0 Å². The molecule has 0 aliphatic rings. The van der Waals surface area contributed by atoms with E-state index in [-0.39, 0.29) is 0 Å². The molecule has 0 aliphatic carbocycles. The van der Waals surface area contributed by atoms with E-state index in [0.29, 0.717) is 0 Å². The second-order valence-electron chi connectivity index (χ2n) is 15.2. The van der Waals surface area contributed by atoms with Crippen LogP contribution in [0, 0.1) is 0 Å². The molecule has 1 heterocycles. The van der Waals surface area contributed by atoms with E-state index < -0.39 is 0 Å². The van der Waals surface area contributed by atoms with Crippen molar-refractivity contribution in [1.82, 2.24) is 0 Å². The van der Waals surface area contributed by atoms with Crippen molar-refractivity contribution in [1.29, 1.82) is 0 Å². The molecule has 264 valence electrons. The Morgan fingerprint density at radius 2 is 0.439 bits per heavy atom. The molecule has 0 radical (unpaired) electrons. The highest BCUT2D eigenvalue weighted by Gasteiger charge is 2.17. The fourth-order valence-corrected chi connectivity index (χ4v) is 10.6. The van der Waals surface area contributed by atoms with Crippen LogP contribution in [0.5, 0.6) is 0 Å². The summed E-state index contributed by atoms with van der Waals surface area (Å²) in [6.07, 6.45) is 0. The van der Waals surface area contributed by atoms with Gasteiger partial charge in [0.05, 0.1) is 0 Å². The van der Waals surface area contributed by atoms with Crippen LogP contribution in [-0.4, -0.2) is 0 Å². The van der Waals surface area contributed by atoms with Crippen LogP contribution in [0.2, 0.25) is 0 Å². The largest absolute Gasteiger partial charge is 0.134 e. The van der Waals surface area contributed by atoms with Crippen LogP contribution in [0.3, 0.4) is 0 Å². The van der Waals surface area contributed by atoms with Crippen LogP contribution in [0.4, 0.5) is 0 Å². The number of benzene rings is 11. The van der Waals surface area contributed by atoms with Crippen molar-refractivity contribution < 1.29 is 0 Å². The van der Waals surface area contributed by atoms with Crippen molar-refractivity contribution in [3.63, 3.8) is 0 Å². The van der Waals surface area contributed by atoms with Gasteiger partial charge in [-0.15, -0.1) is 11.3 Å². The minimum Gasteiger partial charge on any atom is -0.134 e. The summed E-state index contributed by atoms with van der Waals surface area (Å²) in [4.78, 5) is 2.60. The van der Waals surface area contributed by atoms with Gasteiger partial charge in [-0.25, -0.2) is 0 Å². The molecule has 1 heteroatoms. The summed E-state index contributed by atoms with van der Waals surface area (Å²) in [6, 6.07) is 76.4. The molecule has 0 unspecified atom stereocenters. The molecule has 11 aromatic carbocycles. The maximum atomic E-state index is 2.39. The van der Waals surface area contributed by atoms with Crippen LogP contribution >= 0.6 is 11.3 Å². The molecule has 0 amide bonds. The van der Waals surface area contributed by atoms with Crippen LogP contribution in [0.25, 0.3) is 119 Å². The number of hydrogen-bond donors (Lipinski definition) is 0. The van der Waals surface area contributed by atoms with Gasteiger partial charge in [0.2, 0.25) is 0 Å². The van der Waals surface area contributed by atoms with Crippen molar-refractivity contribution >= 4 is 86.7 Å². The maximum Gasteiger partial charge on any atom is 0.0428 e. The van der Waals surface area contributed by atoms with Crippen molar-refractivity contribution in [2.24, 2.45) is 0 Å². The lowest BCUT2D eigenvalue weighted by Crippen LogP contribution is -1.85. The Morgan fingerprint density at radius 1 is 0.175 bits per heavy atom. The van der Waals surface area contributed by atoms with E-state index in [4.69, 9.17) is 0 Å². The van der Waals surface area contributed by atoms with Gasteiger partial charge in [0.25, 0.3) is 0 Å². The molecule has 0 saturated carbocycles. The second kappa shape index (κ2) is 12.7. The second-order valence-corrected chi connectivity index (χ2v) is 16.2. The van der Waals surface area contributed by atoms with Gasteiger partial charge in [-0.05, 0) is 122 Å². The summed E-state index contributed by atoms with van der Waals surface area (Å²) in [7, 11) is 0. The zero-order chi connectivity index (χ0) is 37.5. The first-order valence-electron chi connectivity index (χ1n) is 19.7. The van der Waals surface area contributed by atoms with E-state index in [1.165, 1.54) is 119 Å². The van der Waals surface area contributed by atoms with E-state index >= 15 is 0 Å². The third-order valence-electron chi connectivity index (χ3n) is 12.0. The summed E-state index contributed by atoms with van der Waals surface area (Å²) in [5, 5.41) is 18.2. The van der Waals surface area contributed by atoms with Crippen LogP contribution < -0.4 is 0 Å². The van der Waals surface area contributed by atoms with Gasteiger partial charge >= 0.3 is 0 Å². The van der Waals surface area contributed by atoms with Crippen molar-refractivity contribution in [3.8, 4) is 43.1 Å². The highest BCUT2D eigenvalue weighted by Crippen LogP contribution is 2.46. The van der Waals surface area contributed by atoms with Crippen molar-refractivity contribution in [2.45, 2.75) is 0 Å². The predicted molar refractivity (Wildman–Crippen MR) is 249 cm³/mol. The Balaban J connectivity index is 0.970. The summed E-state index contributed by atoms with van der Waals surface area (Å²) in [6.45, 7) is 0. The third-order valence-corrected chi connectivity index (χ3v) is 13.3. The minimum absolute atomic E-state index is 1.23. The first-order chi connectivity index (χ1) is 28.3. The van der Waals surface area contributed by atoms with Crippen LogP contribution in [0.15, 0.2) is 206 Å². The number of thiophene rings is 1. The molecule has 1 aromatic heterocycles. The molecule has 0 saturated heterocycles. The monoisotopic (exact) mass is 738 g/mol. The molecular weight excluding hydrogens is 705 g/mol. The lowest BCUT2D eigenvalue weighted by atomic mass is 9.91. The molecule has 0 fully saturated rings. The Bertz CT molecular complexity index is 3280. The van der Waals surface area contributed by atoms with Gasteiger partial charge in [-0.3, -0.25) is 0 Å². The lowest BCUT2D eigenvalue weighted by molar-refractivity contribution is 1.65. The minimum atomic E-state index is 1.23. The first-order valence-corrected chi connectivity index (χ1v) is 20.5. The SMILES string of the molecule is c1cc(-c2ccc3c4ccccc4c4ccccc4c3c2)cc(-c2sc(-c3cccc(-c4ccc5c6ccccc6c6ccccc6c5c4)c3)c3ccccc23)c1. The van der Waals surface area contributed by atoms with E-state index in [0.717, 1.165) is 0 Å². The molecule has 0 spiro atoms. The smallest absolute Gasteiger partial charge is 0.0428 e. The molecule has 0 atom stereocenters. The molecule has 0 nitrogen and oxygen atoms in total. The summed E-state index contributed by atoms with van der Waals surface area (Å²) in [5.41, 5.74) is 7.40. The van der Waals surface area contributed by atoms with Gasteiger partial charge in [0, 0.05) is 20.5 Å². The van der Waals surface area contributed by atoms with Crippen molar-refractivity contribution in [2.75, 3.05) is 0 Å². The molecule has 57 heavy (non-hydrogen) atoms. The fraction of sp³-hybridized carbons (Fsp3) is 0. The van der Waals surface area contributed by atoms with Gasteiger partial charge in [0.15, 0.2) is 0 Å². The van der Waals surface area contributed by atoms with Gasteiger partial charge < -0.3 is 0 Å². The third kappa shape index (κ3) is 5.06. The Labute approximate surface area is 334 Å². The zero-order valence-corrected chi connectivity index (χ0v) is 31.9. The van der Waals surface area contributed by atoms with E-state index in [1.54, 1.807) is 0 Å². The van der Waals surface area contributed by atoms with Crippen molar-refractivity contribution in [3.05, 3.63) is 206 Å². The number of rotatable bonds is 4. The lowest BCUT2D eigenvalue weighted by Gasteiger charge is -2.12. The maximum absolute atomic E-state index is 2.39. The molecule has 0 aliphatic heterocycles. The zero-order valence-electron chi connectivity index (χ0n) is 31.0. The molecular formula is C56H34S. The average molecular weight is 739 g/mol. The summed E-state index contributed by atoms with van der Waals surface area (Å²) in [5.74, 6) is 0. The summed E-state index contributed by atoms with van der Waals surface area (Å²) >= 11 is 1.90. The van der Waals surface area contributed by atoms with Gasteiger partial charge in [-0.2, -0.15) is 0 Å². The molecule has 0 N–H and O–H groups in total. The average Bonchev–Trinajstić information content (AvgIpc) is 3.69. The van der Waals surface area contributed by atoms with Crippen LogP contribution in [-0.2, 0) is 0 Å². The topological polar surface area (TPSA) is 0 Å². The molecule has 12 rings (SSSR count). The fourth-order valence-electron chi connectivity index (χ4n) is 9.37. The summed E-state index contributed by atoms with van der Waals surface area (Å²) < 4.78 is 0. The quantitative estimate of drug-likeness (QED) is 0.158. The van der Waals surface area contributed by atoms with Crippen LogP contribution in [0.1, 0.15) is 0 Å². The first kappa shape index (κ1) is 32.2. The standard InChI is InChI=1S/C56H34S/c1-3-21-45-41(17-1)43-19-5-7-23-47(43)53-33-37(27-29-49(45)53)35-13-11-15-39(31-35)55-51-25-9-10-26-52(51)56(57-55)40-16-12-14-36(32-40)38-28-30-50-46-22-4-2-18-42(46)44-20-6-8-24-48(44)54(50)34-38/h1-34H. The molecule has 12 aromatic rings.